The van der Waals surface area contributed by atoms with Gasteiger partial charge in [-0.05, 0) is 23.1 Å². The highest BCUT2D eigenvalue weighted by atomic mass is 32.1. The summed E-state index contributed by atoms with van der Waals surface area (Å²) in [5, 5.41) is 3.16. The fraction of sp³-hybridized carbons (Fsp3) is 0.500. The molecule has 2 rings (SSSR count). The van der Waals surface area contributed by atoms with Gasteiger partial charge >= 0.3 is 0 Å². The average Bonchev–Trinajstić information content (AvgIpc) is 2.84. The van der Waals surface area contributed by atoms with Crippen molar-refractivity contribution >= 4 is 11.3 Å². The van der Waals surface area contributed by atoms with E-state index < -0.39 is 0 Å². The standard InChI is InChI=1S/C18H25NOS/c1-17(2,3)13-8-7-9-14(10-13)20-11-16-19-15(12-21-16)18(4,5)6/h7-10,12H,11H2,1-6H3. The number of benzene rings is 1. The Morgan fingerprint density at radius 1 is 1.05 bits per heavy atom. The first-order chi connectivity index (χ1) is 9.66. The van der Waals surface area contributed by atoms with Crippen LogP contribution in [0.25, 0.3) is 0 Å². The Bertz CT molecular complexity index is 602. The van der Waals surface area contributed by atoms with Gasteiger partial charge in [0.1, 0.15) is 17.4 Å². The highest BCUT2D eigenvalue weighted by Gasteiger charge is 2.18. The Kier molecular flexibility index (Phi) is 4.43. The summed E-state index contributed by atoms with van der Waals surface area (Å²) in [5.74, 6) is 0.912. The predicted octanol–water partition coefficient (Wildman–Crippen LogP) is 5.32. The highest BCUT2D eigenvalue weighted by molar-refractivity contribution is 7.09. The molecule has 1 heterocycles. The van der Waals surface area contributed by atoms with E-state index in [1.165, 1.54) is 5.56 Å². The van der Waals surface area contributed by atoms with Gasteiger partial charge in [0.25, 0.3) is 0 Å². The smallest absolute Gasteiger partial charge is 0.140 e. The fourth-order valence-corrected chi connectivity index (χ4v) is 2.85. The summed E-state index contributed by atoms with van der Waals surface area (Å²) in [7, 11) is 0. The first-order valence-corrected chi connectivity index (χ1v) is 8.22. The zero-order valence-electron chi connectivity index (χ0n) is 13.9. The van der Waals surface area contributed by atoms with Crippen molar-refractivity contribution < 1.29 is 4.74 Å². The Balaban J connectivity index is 2.05. The molecule has 0 aliphatic heterocycles. The van der Waals surface area contributed by atoms with Crippen LogP contribution < -0.4 is 4.74 Å². The Labute approximate surface area is 132 Å². The van der Waals surface area contributed by atoms with Crippen molar-refractivity contribution in [1.82, 2.24) is 4.98 Å². The van der Waals surface area contributed by atoms with Crippen LogP contribution in [0.4, 0.5) is 0 Å². The molecule has 0 saturated heterocycles. The van der Waals surface area contributed by atoms with Crippen LogP contribution in [0.3, 0.4) is 0 Å². The molecular formula is C18H25NOS. The summed E-state index contributed by atoms with van der Waals surface area (Å²) in [4.78, 5) is 4.66. The van der Waals surface area contributed by atoms with E-state index in [-0.39, 0.29) is 10.8 Å². The highest BCUT2D eigenvalue weighted by Crippen LogP contribution is 2.27. The molecule has 0 atom stereocenters. The van der Waals surface area contributed by atoms with Crippen LogP contribution in [-0.4, -0.2) is 4.98 Å². The molecule has 0 aliphatic carbocycles. The monoisotopic (exact) mass is 303 g/mol. The van der Waals surface area contributed by atoms with Crippen molar-refractivity contribution in [2.24, 2.45) is 0 Å². The number of aromatic nitrogens is 1. The predicted molar refractivity (Wildman–Crippen MR) is 90.3 cm³/mol. The lowest BCUT2D eigenvalue weighted by atomic mass is 9.87. The summed E-state index contributed by atoms with van der Waals surface area (Å²) in [6, 6.07) is 8.33. The number of hydrogen-bond donors (Lipinski definition) is 0. The zero-order chi connectivity index (χ0) is 15.7. The van der Waals surface area contributed by atoms with Gasteiger partial charge in [0.15, 0.2) is 0 Å². The summed E-state index contributed by atoms with van der Waals surface area (Å²) in [6.45, 7) is 13.7. The number of nitrogens with zero attached hydrogens (tertiary/aromatic N) is 1. The topological polar surface area (TPSA) is 22.1 Å². The maximum absolute atomic E-state index is 5.90. The van der Waals surface area contributed by atoms with Crippen molar-refractivity contribution in [3.8, 4) is 5.75 Å². The fourth-order valence-electron chi connectivity index (χ4n) is 1.92. The Morgan fingerprint density at radius 3 is 2.33 bits per heavy atom. The largest absolute Gasteiger partial charge is 0.486 e. The van der Waals surface area contributed by atoms with Gasteiger partial charge in [-0.25, -0.2) is 4.98 Å². The molecule has 114 valence electrons. The zero-order valence-corrected chi connectivity index (χ0v) is 14.7. The van der Waals surface area contributed by atoms with E-state index >= 15 is 0 Å². The lowest BCUT2D eigenvalue weighted by Gasteiger charge is -2.19. The summed E-state index contributed by atoms with van der Waals surface area (Å²) in [6.07, 6.45) is 0. The minimum atomic E-state index is 0.0981. The second-order valence-electron chi connectivity index (χ2n) is 7.44. The number of rotatable bonds is 3. The maximum Gasteiger partial charge on any atom is 0.140 e. The van der Waals surface area contributed by atoms with E-state index in [4.69, 9.17) is 4.74 Å². The molecule has 0 saturated carbocycles. The Morgan fingerprint density at radius 2 is 1.76 bits per heavy atom. The molecular weight excluding hydrogens is 278 g/mol. The van der Waals surface area contributed by atoms with Crippen LogP contribution in [-0.2, 0) is 17.4 Å². The van der Waals surface area contributed by atoms with Gasteiger partial charge in [-0.1, -0.05) is 53.7 Å². The molecule has 0 amide bonds. The van der Waals surface area contributed by atoms with Gasteiger partial charge in [0, 0.05) is 10.8 Å². The summed E-state index contributed by atoms with van der Waals surface area (Å²) >= 11 is 1.67. The third-order valence-corrected chi connectivity index (χ3v) is 4.20. The summed E-state index contributed by atoms with van der Waals surface area (Å²) < 4.78 is 5.90. The van der Waals surface area contributed by atoms with E-state index in [1.54, 1.807) is 11.3 Å². The second-order valence-corrected chi connectivity index (χ2v) is 8.39. The molecule has 0 bridgehead atoms. The molecule has 0 fully saturated rings. The first-order valence-electron chi connectivity index (χ1n) is 7.34. The van der Waals surface area contributed by atoms with E-state index in [0.717, 1.165) is 16.5 Å². The van der Waals surface area contributed by atoms with Crippen LogP contribution in [0.1, 0.15) is 57.8 Å². The molecule has 0 spiro atoms. The normalized spacial score (nSPS) is 12.5. The van der Waals surface area contributed by atoms with E-state index in [0.29, 0.717) is 6.61 Å². The maximum atomic E-state index is 5.90. The van der Waals surface area contributed by atoms with Crippen LogP contribution in [0.15, 0.2) is 29.6 Å². The molecule has 0 unspecified atom stereocenters. The first kappa shape index (κ1) is 16.0. The number of thiazole rings is 1. The van der Waals surface area contributed by atoms with Crippen LogP contribution in [0, 0.1) is 0 Å². The quantitative estimate of drug-likeness (QED) is 0.766. The van der Waals surface area contributed by atoms with E-state index in [1.807, 2.05) is 6.07 Å². The molecule has 1 aromatic heterocycles. The molecule has 2 aromatic rings. The molecule has 3 heteroatoms. The van der Waals surface area contributed by atoms with Crippen molar-refractivity contribution in [1.29, 1.82) is 0 Å². The lowest BCUT2D eigenvalue weighted by molar-refractivity contribution is 0.304. The average molecular weight is 303 g/mol. The van der Waals surface area contributed by atoms with E-state index in [9.17, 15) is 0 Å². The van der Waals surface area contributed by atoms with Gasteiger partial charge < -0.3 is 4.74 Å². The second kappa shape index (κ2) is 5.80. The van der Waals surface area contributed by atoms with Gasteiger partial charge in [0.2, 0.25) is 0 Å². The summed E-state index contributed by atoms with van der Waals surface area (Å²) in [5.41, 5.74) is 2.66. The van der Waals surface area contributed by atoms with Gasteiger partial charge in [-0.2, -0.15) is 0 Å². The number of hydrogen-bond acceptors (Lipinski definition) is 3. The van der Waals surface area contributed by atoms with Crippen LogP contribution in [0.2, 0.25) is 0 Å². The molecule has 0 radical (unpaired) electrons. The minimum Gasteiger partial charge on any atom is -0.486 e. The third-order valence-electron chi connectivity index (χ3n) is 3.38. The van der Waals surface area contributed by atoms with Crippen molar-refractivity contribution in [2.45, 2.75) is 59.0 Å². The van der Waals surface area contributed by atoms with Crippen molar-refractivity contribution in [3.05, 3.63) is 45.9 Å². The van der Waals surface area contributed by atoms with Gasteiger partial charge in [-0.15, -0.1) is 11.3 Å². The van der Waals surface area contributed by atoms with Crippen molar-refractivity contribution in [3.63, 3.8) is 0 Å². The molecule has 0 aliphatic rings. The van der Waals surface area contributed by atoms with Gasteiger partial charge in [0.05, 0.1) is 5.69 Å². The van der Waals surface area contributed by atoms with Crippen LogP contribution in [0.5, 0.6) is 5.75 Å². The van der Waals surface area contributed by atoms with Crippen molar-refractivity contribution in [2.75, 3.05) is 0 Å². The van der Waals surface area contributed by atoms with Crippen LogP contribution >= 0.6 is 11.3 Å². The minimum absolute atomic E-state index is 0.0981. The molecule has 2 nitrogen and oxygen atoms in total. The van der Waals surface area contributed by atoms with Gasteiger partial charge in [-0.3, -0.25) is 0 Å². The SMILES string of the molecule is CC(C)(C)c1cccc(OCc2nc(C(C)(C)C)cs2)c1. The molecule has 1 aromatic carbocycles. The third kappa shape index (κ3) is 4.31. The number of ether oxygens (including phenoxy) is 1. The Hall–Kier alpha value is -1.35. The van der Waals surface area contributed by atoms with E-state index in [2.05, 4.69) is 70.1 Å². The molecule has 21 heavy (non-hydrogen) atoms. The molecule has 0 N–H and O–H groups in total. The lowest BCUT2D eigenvalue weighted by Crippen LogP contribution is -2.12.